The van der Waals surface area contributed by atoms with Crippen molar-refractivity contribution in [3.05, 3.63) is 12.2 Å². The van der Waals surface area contributed by atoms with E-state index >= 15 is 0 Å². The Morgan fingerprint density at radius 1 is 1.25 bits per heavy atom. The standard InChI is InChI=1S/C10H12O2/c1-6(11)10(12)9-5-7-2-3-8(9)4-7/h2-3,7-9H,4-5H2,1H3. The molecule has 2 aliphatic carbocycles. The first kappa shape index (κ1) is 7.71. The Bertz CT molecular complexity index is 265. The van der Waals surface area contributed by atoms with Crippen LogP contribution in [0.25, 0.3) is 0 Å². The smallest absolute Gasteiger partial charge is 0.201 e. The van der Waals surface area contributed by atoms with Gasteiger partial charge in [-0.05, 0) is 24.7 Å². The van der Waals surface area contributed by atoms with Crippen molar-refractivity contribution in [2.45, 2.75) is 19.8 Å². The maximum absolute atomic E-state index is 11.4. The molecule has 3 atom stereocenters. The molecule has 0 heterocycles. The highest BCUT2D eigenvalue weighted by atomic mass is 16.2. The molecule has 0 saturated heterocycles. The highest BCUT2D eigenvalue weighted by Gasteiger charge is 2.40. The highest BCUT2D eigenvalue weighted by Crippen LogP contribution is 2.43. The van der Waals surface area contributed by atoms with E-state index in [0.717, 1.165) is 12.8 Å². The fourth-order valence-electron chi connectivity index (χ4n) is 2.34. The zero-order chi connectivity index (χ0) is 8.72. The van der Waals surface area contributed by atoms with Crippen molar-refractivity contribution in [2.75, 3.05) is 0 Å². The predicted molar refractivity (Wildman–Crippen MR) is 44.5 cm³/mol. The molecule has 0 N–H and O–H groups in total. The van der Waals surface area contributed by atoms with Crippen molar-refractivity contribution in [3.8, 4) is 0 Å². The number of Topliss-reactive ketones (excluding diaryl/α,β-unsaturated/α-hetero) is 2. The Morgan fingerprint density at radius 3 is 2.42 bits per heavy atom. The average Bonchev–Trinajstić information content (AvgIpc) is 2.62. The first-order valence-electron chi connectivity index (χ1n) is 4.41. The van der Waals surface area contributed by atoms with E-state index in [0.29, 0.717) is 11.8 Å². The van der Waals surface area contributed by atoms with Crippen LogP contribution < -0.4 is 0 Å². The molecular weight excluding hydrogens is 152 g/mol. The minimum absolute atomic E-state index is 0.0116. The molecule has 2 nitrogen and oxygen atoms in total. The van der Waals surface area contributed by atoms with Crippen molar-refractivity contribution in [1.29, 1.82) is 0 Å². The molecule has 2 rings (SSSR count). The Labute approximate surface area is 71.6 Å². The summed E-state index contributed by atoms with van der Waals surface area (Å²) < 4.78 is 0. The van der Waals surface area contributed by atoms with Gasteiger partial charge < -0.3 is 0 Å². The van der Waals surface area contributed by atoms with Crippen LogP contribution in [0.4, 0.5) is 0 Å². The van der Waals surface area contributed by atoms with Crippen LogP contribution in [-0.2, 0) is 9.59 Å². The molecule has 0 spiro atoms. The van der Waals surface area contributed by atoms with E-state index in [1.165, 1.54) is 6.92 Å². The lowest BCUT2D eigenvalue weighted by Gasteiger charge is -2.14. The summed E-state index contributed by atoms with van der Waals surface area (Å²) in [6.07, 6.45) is 6.26. The van der Waals surface area contributed by atoms with Gasteiger partial charge in [-0.25, -0.2) is 0 Å². The van der Waals surface area contributed by atoms with Gasteiger partial charge >= 0.3 is 0 Å². The third-order valence-electron chi connectivity index (χ3n) is 2.96. The summed E-state index contributed by atoms with van der Waals surface area (Å²) in [5, 5.41) is 0. The molecule has 2 aliphatic rings. The number of hydrogen-bond acceptors (Lipinski definition) is 2. The molecule has 2 bridgehead atoms. The number of ketones is 2. The third kappa shape index (κ3) is 1.02. The predicted octanol–water partition coefficient (Wildman–Crippen LogP) is 1.36. The molecule has 3 unspecified atom stereocenters. The van der Waals surface area contributed by atoms with Gasteiger partial charge in [0, 0.05) is 12.8 Å². The van der Waals surface area contributed by atoms with Crippen LogP contribution in [0.3, 0.4) is 0 Å². The zero-order valence-corrected chi connectivity index (χ0v) is 7.12. The van der Waals surface area contributed by atoms with E-state index < -0.39 is 0 Å². The Hall–Kier alpha value is -0.920. The van der Waals surface area contributed by atoms with E-state index in [2.05, 4.69) is 12.2 Å². The topological polar surface area (TPSA) is 34.1 Å². The molecule has 0 aliphatic heterocycles. The lowest BCUT2D eigenvalue weighted by molar-refractivity contribution is -0.138. The monoisotopic (exact) mass is 164 g/mol. The van der Waals surface area contributed by atoms with Crippen LogP contribution in [0.1, 0.15) is 19.8 Å². The summed E-state index contributed by atoms with van der Waals surface area (Å²) >= 11 is 0. The number of carbonyl (C=O) groups excluding carboxylic acids is 2. The van der Waals surface area contributed by atoms with Gasteiger partial charge in [0.2, 0.25) is 5.78 Å². The molecule has 0 radical (unpaired) electrons. The maximum Gasteiger partial charge on any atom is 0.201 e. The van der Waals surface area contributed by atoms with Crippen molar-refractivity contribution in [1.82, 2.24) is 0 Å². The largest absolute Gasteiger partial charge is 0.291 e. The van der Waals surface area contributed by atoms with Crippen LogP contribution in [0.2, 0.25) is 0 Å². The average molecular weight is 164 g/mol. The number of rotatable bonds is 2. The van der Waals surface area contributed by atoms with Crippen LogP contribution in [-0.4, -0.2) is 11.6 Å². The van der Waals surface area contributed by atoms with Gasteiger partial charge in [0.05, 0.1) is 0 Å². The molecular formula is C10H12O2. The molecule has 0 aromatic heterocycles. The third-order valence-corrected chi connectivity index (χ3v) is 2.96. The Morgan fingerprint density at radius 2 is 2.00 bits per heavy atom. The minimum Gasteiger partial charge on any atom is -0.291 e. The number of allylic oxidation sites excluding steroid dienone is 2. The SMILES string of the molecule is CC(=O)C(=O)C1CC2C=CC1C2. The fourth-order valence-corrected chi connectivity index (χ4v) is 2.34. The number of carbonyl (C=O) groups is 2. The number of fused-ring (bicyclic) bond motifs is 2. The summed E-state index contributed by atoms with van der Waals surface area (Å²) in [5.74, 6) is 0.514. The number of hydrogen-bond donors (Lipinski definition) is 0. The second kappa shape index (κ2) is 2.54. The Kier molecular flexibility index (Phi) is 1.63. The first-order chi connectivity index (χ1) is 5.68. The molecule has 1 fully saturated rings. The van der Waals surface area contributed by atoms with Gasteiger partial charge in [-0.2, -0.15) is 0 Å². The van der Waals surface area contributed by atoms with Crippen molar-refractivity contribution in [2.24, 2.45) is 17.8 Å². The van der Waals surface area contributed by atoms with Crippen LogP contribution in [0.15, 0.2) is 12.2 Å². The second-order valence-corrected chi connectivity index (χ2v) is 3.81. The van der Waals surface area contributed by atoms with Crippen LogP contribution >= 0.6 is 0 Å². The minimum atomic E-state index is -0.277. The van der Waals surface area contributed by atoms with E-state index in [1.54, 1.807) is 0 Å². The van der Waals surface area contributed by atoms with Gasteiger partial charge in [-0.15, -0.1) is 0 Å². The highest BCUT2D eigenvalue weighted by molar-refractivity contribution is 6.37. The molecule has 0 aromatic carbocycles. The van der Waals surface area contributed by atoms with Crippen LogP contribution in [0, 0.1) is 17.8 Å². The zero-order valence-electron chi connectivity index (χ0n) is 7.12. The maximum atomic E-state index is 11.4. The lowest BCUT2D eigenvalue weighted by Crippen LogP contribution is -2.24. The summed E-state index contributed by atoms with van der Waals surface area (Å²) in [7, 11) is 0. The van der Waals surface area contributed by atoms with Crippen LogP contribution in [0.5, 0.6) is 0 Å². The van der Waals surface area contributed by atoms with E-state index in [4.69, 9.17) is 0 Å². The molecule has 12 heavy (non-hydrogen) atoms. The summed E-state index contributed by atoms with van der Waals surface area (Å²) in [6.45, 7) is 1.37. The van der Waals surface area contributed by atoms with Gasteiger partial charge in [-0.1, -0.05) is 12.2 Å². The molecule has 0 amide bonds. The fraction of sp³-hybridized carbons (Fsp3) is 0.600. The van der Waals surface area contributed by atoms with Crippen molar-refractivity contribution >= 4 is 11.6 Å². The Balaban J connectivity index is 2.13. The molecule has 64 valence electrons. The summed E-state index contributed by atoms with van der Waals surface area (Å²) in [6, 6.07) is 0. The molecule has 2 heteroatoms. The summed E-state index contributed by atoms with van der Waals surface area (Å²) in [5.41, 5.74) is 0. The first-order valence-corrected chi connectivity index (χ1v) is 4.41. The quantitative estimate of drug-likeness (QED) is 0.456. The van der Waals surface area contributed by atoms with Crippen molar-refractivity contribution < 1.29 is 9.59 Å². The van der Waals surface area contributed by atoms with E-state index in [1.807, 2.05) is 0 Å². The van der Waals surface area contributed by atoms with Gasteiger partial charge in [0.25, 0.3) is 0 Å². The summed E-state index contributed by atoms with van der Waals surface area (Å²) in [4.78, 5) is 22.2. The lowest BCUT2D eigenvalue weighted by atomic mass is 9.88. The second-order valence-electron chi connectivity index (χ2n) is 3.81. The normalized spacial score (nSPS) is 37.2. The molecule has 0 aromatic rings. The van der Waals surface area contributed by atoms with E-state index in [9.17, 15) is 9.59 Å². The van der Waals surface area contributed by atoms with Gasteiger partial charge in [0.15, 0.2) is 5.78 Å². The van der Waals surface area contributed by atoms with Gasteiger partial charge in [-0.3, -0.25) is 9.59 Å². The van der Waals surface area contributed by atoms with E-state index in [-0.39, 0.29) is 17.5 Å². The molecule has 1 saturated carbocycles. The van der Waals surface area contributed by atoms with Crippen molar-refractivity contribution in [3.63, 3.8) is 0 Å². The van der Waals surface area contributed by atoms with Gasteiger partial charge in [0.1, 0.15) is 0 Å².